The van der Waals surface area contributed by atoms with E-state index in [-0.39, 0.29) is 25.4 Å². The number of amides is 1. The molecule has 0 saturated heterocycles. The Hall–Kier alpha value is -2.64. The molecule has 0 saturated carbocycles. The molecule has 0 aliphatic heterocycles. The number of hydrogen-bond donors (Lipinski definition) is 1. The summed E-state index contributed by atoms with van der Waals surface area (Å²) < 4.78 is 5.00. The van der Waals surface area contributed by atoms with E-state index in [4.69, 9.17) is 4.74 Å². The van der Waals surface area contributed by atoms with Crippen LogP contribution in [0.3, 0.4) is 0 Å². The maximum absolute atomic E-state index is 11.4. The van der Waals surface area contributed by atoms with Gasteiger partial charge >= 0.3 is 5.97 Å². The van der Waals surface area contributed by atoms with Crippen molar-refractivity contribution in [2.45, 2.75) is 40.0 Å². The van der Waals surface area contributed by atoms with Crippen molar-refractivity contribution in [3.63, 3.8) is 0 Å². The molecule has 128 valence electrons. The van der Waals surface area contributed by atoms with Crippen molar-refractivity contribution in [2.24, 2.45) is 0 Å². The van der Waals surface area contributed by atoms with Crippen LogP contribution in [0.1, 0.15) is 40.0 Å². The Morgan fingerprint density at radius 2 is 1.78 bits per heavy atom. The van der Waals surface area contributed by atoms with E-state index in [0.29, 0.717) is 11.4 Å². The Kier molecular flexibility index (Phi) is 10.6. The number of rotatable bonds is 7. The van der Waals surface area contributed by atoms with Gasteiger partial charge in [0, 0.05) is 19.0 Å². The highest BCUT2D eigenvalue weighted by atomic mass is 16.9. The summed E-state index contributed by atoms with van der Waals surface area (Å²) in [7, 11) is 0. The number of nitrogens with zero attached hydrogens (tertiary/aromatic N) is 1. The number of anilines is 1. The molecule has 23 heavy (non-hydrogen) atoms. The average Bonchev–Trinajstić information content (AvgIpc) is 2.46. The Bertz CT molecular complexity index is 501. The first-order valence-electron chi connectivity index (χ1n) is 7.24. The van der Waals surface area contributed by atoms with Crippen LogP contribution in [0.25, 0.3) is 0 Å². The van der Waals surface area contributed by atoms with Crippen LogP contribution in [0.4, 0.5) is 5.69 Å². The number of nitrogens with one attached hydrogen (secondary N) is 1. The SMILES string of the molecule is CC(=O)Nc1ccc(OC(=O)CCCO[N+](=O)[O-])cc1.CCC. The normalized spacial score (nSPS) is 9.17. The largest absolute Gasteiger partial charge is 0.427 e. The van der Waals surface area contributed by atoms with Crippen LogP contribution in [0.5, 0.6) is 5.75 Å². The quantitative estimate of drug-likeness (QED) is 0.271. The summed E-state index contributed by atoms with van der Waals surface area (Å²) in [4.78, 5) is 36.2. The van der Waals surface area contributed by atoms with E-state index in [0.717, 1.165) is 0 Å². The van der Waals surface area contributed by atoms with Crippen LogP contribution in [0, 0.1) is 10.1 Å². The first kappa shape index (κ1) is 20.4. The van der Waals surface area contributed by atoms with Crippen molar-refractivity contribution < 1.29 is 24.3 Å². The highest BCUT2D eigenvalue weighted by molar-refractivity contribution is 5.88. The molecule has 0 unspecified atom stereocenters. The van der Waals surface area contributed by atoms with Crippen molar-refractivity contribution >= 4 is 17.6 Å². The van der Waals surface area contributed by atoms with E-state index >= 15 is 0 Å². The van der Waals surface area contributed by atoms with Crippen LogP contribution in [-0.4, -0.2) is 23.6 Å². The molecule has 0 aliphatic carbocycles. The fraction of sp³-hybridized carbons (Fsp3) is 0.467. The maximum atomic E-state index is 11.4. The Morgan fingerprint density at radius 1 is 1.22 bits per heavy atom. The first-order valence-corrected chi connectivity index (χ1v) is 7.24. The third-order valence-corrected chi connectivity index (χ3v) is 2.13. The van der Waals surface area contributed by atoms with Crippen LogP contribution >= 0.6 is 0 Å². The summed E-state index contributed by atoms with van der Waals surface area (Å²) >= 11 is 0. The second-order valence-electron chi connectivity index (χ2n) is 4.55. The van der Waals surface area contributed by atoms with Crippen molar-refractivity contribution in [3.05, 3.63) is 34.4 Å². The summed E-state index contributed by atoms with van der Waals surface area (Å²) in [6.45, 7) is 5.49. The summed E-state index contributed by atoms with van der Waals surface area (Å²) in [6, 6.07) is 6.27. The molecular weight excluding hydrogens is 304 g/mol. The zero-order valence-electron chi connectivity index (χ0n) is 13.5. The van der Waals surface area contributed by atoms with E-state index in [1.165, 1.54) is 25.5 Å². The van der Waals surface area contributed by atoms with Crippen molar-refractivity contribution in [1.29, 1.82) is 0 Å². The molecule has 0 atom stereocenters. The van der Waals surface area contributed by atoms with E-state index < -0.39 is 11.1 Å². The van der Waals surface area contributed by atoms with Crippen LogP contribution in [0.15, 0.2) is 24.3 Å². The number of hydrogen-bond acceptors (Lipinski definition) is 6. The molecule has 1 aromatic carbocycles. The fourth-order valence-corrected chi connectivity index (χ4v) is 1.35. The molecule has 0 fully saturated rings. The van der Waals surface area contributed by atoms with Gasteiger partial charge in [-0.3, -0.25) is 9.59 Å². The van der Waals surface area contributed by atoms with E-state index in [1.54, 1.807) is 12.1 Å². The summed E-state index contributed by atoms with van der Waals surface area (Å²) in [6.07, 6.45) is 1.46. The van der Waals surface area contributed by atoms with Gasteiger partial charge in [0.05, 0.1) is 6.61 Å². The fourth-order valence-electron chi connectivity index (χ4n) is 1.35. The van der Waals surface area contributed by atoms with Crippen molar-refractivity contribution in [3.8, 4) is 5.75 Å². The molecule has 1 amide bonds. The average molecular weight is 326 g/mol. The minimum absolute atomic E-state index is 0.0152. The number of benzene rings is 1. The number of carbonyl (C=O) groups is 2. The second-order valence-corrected chi connectivity index (χ2v) is 4.55. The van der Waals surface area contributed by atoms with Gasteiger partial charge in [-0.25, -0.2) is 0 Å². The lowest BCUT2D eigenvalue weighted by Crippen LogP contribution is -2.10. The molecule has 0 aliphatic rings. The summed E-state index contributed by atoms with van der Waals surface area (Å²) in [5, 5.41) is 11.5. The predicted octanol–water partition coefficient (Wildman–Crippen LogP) is 2.96. The van der Waals surface area contributed by atoms with Gasteiger partial charge in [0.2, 0.25) is 5.91 Å². The number of ether oxygens (including phenoxy) is 1. The molecule has 1 aromatic rings. The van der Waals surface area contributed by atoms with Crippen LogP contribution in [0.2, 0.25) is 0 Å². The smallest absolute Gasteiger partial charge is 0.311 e. The minimum atomic E-state index is -0.911. The van der Waals surface area contributed by atoms with Gasteiger partial charge in [-0.05, 0) is 30.7 Å². The molecule has 0 bridgehead atoms. The zero-order valence-corrected chi connectivity index (χ0v) is 13.5. The highest BCUT2D eigenvalue weighted by Gasteiger charge is 2.06. The maximum Gasteiger partial charge on any atom is 0.311 e. The minimum Gasteiger partial charge on any atom is -0.427 e. The van der Waals surface area contributed by atoms with E-state index in [1.807, 2.05) is 0 Å². The molecule has 8 heteroatoms. The monoisotopic (exact) mass is 326 g/mol. The summed E-state index contributed by atoms with van der Waals surface area (Å²) in [5.74, 6) is -0.371. The van der Waals surface area contributed by atoms with Crippen LogP contribution < -0.4 is 10.1 Å². The van der Waals surface area contributed by atoms with Gasteiger partial charge in [-0.1, -0.05) is 20.3 Å². The van der Waals surface area contributed by atoms with Gasteiger partial charge in [0.1, 0.15) is 5.75 Å². The van der Waals surface area contributed by atoms with Gasteiger partial charge in [0.25, 0.3) is 5.09 Å². The van der Waals surface area contributed by atoms with Gasteiger partial charge < -0.3 is 14.9 Å². The van der Waals surface area contributed by atoms with E-state index in [2.05, 4.69) is 24.0 Å². The molecule has 0 aromatic heterocycles. The first-order chi connectivity index (χ1) is 10.9. The van der Waals surface area contributed by atoms with Gasteiger partial charge in [-0.15, -0.1) is 10.1 Å². The van der Waals surface area contributed by atoms with Gasteiger partial charge in [0.15, 0.2) is 0 Å². The van der Waals surface area contributed by atoms with Crippen LogP contribution in [-0.2, 0) is 14.4 Å². The molecule has 0 radical (unpaired) electrons. The lowest BCUT2D eigenvalue weighted by Gasteiger charge is -2.06. The summed E-state index contributed by atoms with van der Waals surface area (Å²) in [5.41, 5.74) is 0.594. The molecule has 1 N–H and O–H groups in total. The predicted molar refractivity (Wildman–Crippen MR) is 84.5 cm³/mol. The Balaban J connectivity index is 0.00000149. The highest BCUT2D eigenvalue weighted by Crippen LogP contribution is 2.16. The second kappa shape index (κ2) is 12.0. The molecule has 8 nitrogen and oxygen atoms in total. The molecule has 0 spiro atoms. The third kappa shape index (κ3) is 11.7. The standard InChI is InChI=1S/C12H14N2O6.C3H8/c1-9(15)13-10-4-6-11(7-5-10)20-12(16)3-2-8-19-14(17)18;1-3-2/h4-7H,2-3,8H2,1H3,(H,13,15);3H2,1-2H3. The molecular formula is C15H22N2O6. The molecule has 1 rings (SSSR count). The topological polar surface area (TPSA) is 108 Å². The lowest BCUT2D eigenvalue weighted by atomic mass is 10.3. The van der Waals surface area contributed by atoms with Crippen molar-refractivity contribution in [2.75, 3.05) is 11.9 Å². The Labute approximate surface area is 134 Å². The van der Waals surface area contributed by atoms with Gasteiger partial charge in [-0.2, -0.15) is 0 Å². The zero-order chi connectivity index (χ0) is 17.7. The third-order valence-electron chi connectivity index (χ3n) is 2.13. The van der Waals surface area contributed by atoms with E-state index in [9.17, 15) is 19.7 Å². The Morgan fingerprint density at radius 3 is 2.26 bits per heavy atom. The van der Waals surface area contributed by atoms with Crippen molar-refractivity contribution in [1.82, 2.24) is 0 Å². The lowest BCUT2D eigenvalue weighted by molar-refractivity contribution is -0.757. The number of esters is 1. The molecule has 0 heterocycles. The number of carbonyl (C=O) groups excluding carboxylic acids is 2.